The van der Waals surface area contributed by atoms with Crippen LogP contribution in [0.15, 0.2) is 41.1 Å². The minimum Gasteiger partial charge on any atom is -0.379 e. The van der Waals surface area contributed by atoms with E-state index < -0.39 is 11.8 Å². The zero-order chi connectivity index (χ0) is 18.4. The van der Waals surface area contributed by atoms with Gasteiger partial charge in [0.2, 0.25) is 0 Å². The molecule has 9 heteroatoms. The molecule has 0 saturated carbocycles. The molecule has 8 nitrogen and oxygen atoms in total. The number of aromatic nitrogens is 1. The Bertz CT molecular complexity index is 730. The lowest BCUT2D eigenvalue weighted by Gasteiger charge is -2.34. The minimum atomic E-state index is -0.835. The maximum atomic E-state index is 13.2. The van der Waals surface area contributed by atoms with Gasteiger partial charge in [0.25, 0.3) is 0 Å². The molecule has 0 bridgehead atoms. The number of anilines is 1. The van der Waals surface area contributed by atoms with Crippen molar-refractivity contribution < 1.29 is 23.2 Å². The van der Waals surface area contributed by atoms with Crippen molar-refractivity contribution in [3.05, 3.63) is 48.0 Å². The number of morpholine rings is 1. The highest BCUT2D eigenvalue weighted by Gasteiger charge is 2.24. The molecule has 1 atom stereocenters. The Kier molecular flexibility index (Phi) is 5.92. The zero-order valence-corrected chi connectivity index (χ0v) is 14.0. The van der Waals surface area contributed by atoms with Crippen molar-refractivity contribution in [1.29, 1.82) is 0 Å². The standard InChI is InChI=1S/C17H19FN4O4/c18-13-3-1-12(2-4-13)14(22-6-9-25-10-7-22)11-19-16(23)17(24)20-15-5-8-26-21-15/h1-5,8,14H,6-7,9-11H2,(H,19,23)(H,20,21,24)/t14-/m0/s1. The molecule has 0 aliphatic carbocycles. The van der Waals surface area contributed by atoms with Crippen LogP contribution in [0.25, 0.3) is 0 Å². The minimum absolute atomic E-state index is 0.161. The number of ether oxygens (including phenoxy) is 1. The van der Waals surface area contributed by atoms with Crippen molar-refractivity contribution in [3.8, 4) is 0 Å². The molecule has 2 heterocycles. The van der Waals surface area contributed by atoms with E-state index >= 15 is 0 Å². The predicted octanol–water partition coefficient (Wildman–Crippen LogP) is 0.942. The molecule has 138 valence electrons. The number of nitrogens with zero attached hydrogens (tertiary/aromatic N) is 2. The smallest absolute Gasteiger partial charge is 0.314 e. The summed E-state index contributed by atoms with van der Waals surface area (Å²) in [5, 5.41) is 8.47. The van der Waals surface area contributed by atoms with E-state index in [4.69, 9.17) is 4.74 Å². The molecule has 1 aliphatic rings. The first-order valence-electron chi connectivity index (χ1n) is 8.20. The Morgan fingerprint density at radius 3 is 2.54 bits per heavy atom. The molecule has 0 spiro atoms. The van der Waals surface area contributed by atoms with Crippen molar-refractivity contribution in [2.45, 2.75) is 6.04 Å². The van der Waals surface area contributed by atoms with Crippen LogP contribution in [0.1, 0.15) is 11.6 Å². The van der Waals surface area contributed by atoms with E-state index in [2.05, 4.69) is 25.2 Å². The van der Waals surface area contributed by atoms with Gasteiger partial charge in [0.15, 0.2) is 5.82 Å². The summed E-state index contributed by atoms with van der Waals surface area (Å²) in [5.41, 5.74) is 0.852. The van der Waals surface area contributed by atoms with Gasteiger partial charge < -0.3 is 14.6 Å². The highest BCUT2D eigenvalue weighted by molar-refractivity contribution is 6.39. The molecular formula is C17H19FN4O4. The van der Waals surface area contributed by atoms with Crippen LogP contribution in [0, 0.1) is 5.82 Å². The largest absolute Gasteiger partial charge is 0.379 e. The van der Waals surface area contributed by atoms with Gasteiger partial charge in [-0.1, -0.05) is 17.3 Å². The summed E-state index contributed by atoms with van der Waals surface area (Å²) < 4.78 is 23.2. The third-order valence-corrected chi connectivity index (χ3v) is 4.08. The second-order valence-corrected chi connectivity index (χ2v) is 5.76. The van der Waals surface area contributed by atoms with Gasteiger partial charge in [-0.25, -0.2) is 4.39 Å². The number of benzene rings is 1. The summed E-state index contributed by atoms with van der Waals surface area (Å²) in [5.74, 6) is -1.79. The van der Waals surface area contributed by atoms with E-state index in [0.29, 0.717) is 26.3 Å². The van der Waals surface area contributed by atoms with Crippen LogP contribution in [0.2, 0.25) is 0 Å². The molecule has 0 unspecified atom stereocenters. The van der Waals surface area contributed by atoms with Gasteiger partial charge in [-0.05, 0) is 17.7 Å². The summed E-state index contributed by atoms with van der Waals surface area (Å²) in [6.45, 7) is 2.74. The van der Waals surface area contributed by atoms with Crippen LogP contribution in [0.3, 0.4) is 0 Å². The Hall–Kier alpha value is -2.78. The quantitative estimate of drug-likeness (QED) is 0.769. The van der Waals surface area contributed by atoms with Gasteiger partial charge in [0, 0.05) is 25.7 Å². The van der Waals surface area contributed by atoms with Crippen LogP contribution in [0.5, 0.6) is 0 Å². The van der Waals surface area contributed by atoms with Crippen molar-refractivity contribution in [3.63, 3.8) is 0 Å². The lowest BCUT2D eigenvalue weighted by Crippen LogP contribution is -2.45. The average molecular weight is 362 g/mol. The zero-order valence-electron chi connectivity index (χ0n) is 14.0. The van der Waals surface area contributed by atoms with E-state index in [1.54, 1.807) is 12.1 Å². The van der Waals surface area contributed by atoms with Gasteiger partial charge in [-0.2, -0.15) is 0 Å². The molecule has 0 radical (unpaired) electrons. The van der Waals surface area contributed by atoms with E-state index in [-0.39, 0.29) is 24.2 Å². The number of hydrogen-bond acceptors (Lipinski definition) is 6. The highest BCUT2D eigenvalue weighted by Crippen LogP contribution is 2.21. The fourth-order valence-corrected chi connectivity index (χ4v) is 2.75. The summed E-state index contributed by atoms with van der Waals surface area (Å²) in [6, 6.07) is 7.35. The number of nitrogens with one attached hydrogen (secondary N) is 2. The Morgan fingerprint density at radius 2 is 1.88 bits per heavy atom. The van der Waals surface area contributed by atoms with E-state index in [1.807, 2.05) is 0 Å². The Balaban J connectivity index is 1.64. The number of rotatable bonds is 5. The Morgan fingerprint density at radius 1 is 1.15 bits per heavy atom. The fraction of sp³-hybridized carbons (Fsp3) is 0.353. The number of halogens is 1. The van der Waals surface area contributed by atoms with Gasteiger partial charge in [-0.15, -0.1) is 0 Å². The molecule has 1 aromatic carbocycles. The molecule has 1 aromatic heterocycles. The molecule has 1 fully saturated rings. The summed E-state index contributed by atoms with van der Waals surface area (Å²) in [6.07, 6.45) is 1.29. The van der Waals surface area contributed by atoms with Gasteiger partial charge in [0.1, 0.15) is 12.1 Å². The van der Waals surface area contributed by atoms with Gasteiger partial charge in [0.05, 0.1) is 19.3 Å². The van der Waals surface area contributed by atoms with Gasteiger partial charge in [-0.3, -0.25) is 19.8 Å². The second-order valence-electron chi connectivity index (χ2n) is 5.76. The molecule has 1 saturated heterocycles. The number of hydrogen-bond donors (Lipinski definition) is 2. The van der Waals surface area contributed by atoms with Crippen LogP contribution in [-0.4, -0.2) is 54.7 Å². The van der Waals surface area contributed by atoms with Crippen LogP contribution in [-0.2, 0) is 14.3 Å². The maximum Gasteiger partial charge on any atom is 0.314 e. The van der Waals surface area contributed by atoms with E-state index in [9.17, 15) is 14.0 Å². The summed E-state index contributed by atoms with van der Waals surface area (Å²) in [7, 11) is 0. The normalized spacial score (nSPS) is 16.0. The van der Waals surface area contributed by atoms with Crippen molar-refractivity contribution in [1.82, 2.24) is 15.4 Å². The SMILES string of the molecule is O=C(NC[C@@H](c1ccc(F)cc1)N1CCOCC1)C(=O)Nc1ccon1. The summed E-state index contributed by atoms with van der Waals surface area (Å²) in [4.78, 5) is 26.1. The predicted molar refractivity (Wildman–Crippen MR) is 89.7 cm³/mol. The van der Waals surface area contributed by atoms with Crippen molar-refractivity contribution >= 4 is 17.6 Å². The first kappa shape index (κ1) is 18.0. The number of amides is 2. The molecular weight excluding hydrogens is 343 g/mol. The average Bonchev–Trinajstić information content (AvgIpc) is 3.17. The molecule has 2 amide bonds. The number of carbonyl (C=O) groups excluding carboxylic acids is 2. The first-order chi connectivity index (χ1) is 12.6. The first-order valence-corrected chi connectivity index (χ1v) is 8.20. The molecule has 26 heavy (non-hydrogen) atoms. The monoisotopic (exact) mass is 362 g/mol. The van der Waals surface area contributed by atoms with Crippen molar-refractivity contribution in [2.75, 3.05) is 38.2 Å². The molecule has 1 aliphatic heterocycles. The van der Waals surface area contributed by atoms with Gasteiger partial charge >= 0.3 is 11.8 Å². The molecule has 2 N–H and O–H groups in total. The molecule has 3 rings (SSSR count). The third-order valence-electron chi connectivity index (χ3n) is 4.08. The maximum absolute atomic E-state index is 13.2. The van der Waals surface area contributed by atoms with Crippen molar-refractivity contribution in [2.24, 2.45) is 0 Å². The second kappa shape index (κ2) is 8.54. The fourth-order valence-electron chi connectivity index (χ4n) is 2.75. The van der Waals surface area contributed by atoms with Crippen LogP contribution < -0.4 is 10.6 Å². The van der Waals surface area contributed by atoms with Crippen LogP contribution >= 0.6 is 0 Å². The Labute approximate surface area is 149 Å². The van der Waals surface area contributed by atoms with E-state index in [0.717, 1.165) is 5.56 Å². The lowest BCUT2D eigenvalue weighted by molar-refractivity contribution is -0.136. The van der Waals surface area contributed by atoms with Crippen LogP contribution in [0.4, 0.5) is 10.2 Å². The topological polar surface area (TPSA) is 96.7 Å². The number of carbonyl (C=O) groups is 2. The molecule has 2 aromatic rings. The highest BCUT2D eigenvalue weighted by atomic mass is 19.1. The lowest BCUT2D eigenvalue weighted by atomic mass is 10.0. The third kappa shape index (κ3) is 4.64. The van der Waals surface area contributed by atoms with E-state index in [1.165, 1.54) is 24.5 Å². The summed E-state index contributed by atoms with van der Waals surface area (Å²) >= 11 is 0.